The third-order valence-electron chi connectivity index (χ3n) is 1.78. The first-order valence-electron chi connectivity index (χ1n) is 4.38. The van der Waals surface area contributed by atoms with Crippen LogP contribution in [0, 0.1) is 5.82 Å². The molecule has 0 aliphatic heterocycles. The molecular formula is C10H8ClF3O2. The van der Waals surface area contributed by atoms with Crippen LogP contribution in [0.3, 0.4) is 0 Å². The second-order valence-corrected chi connectivity index (χ2v) is 3.26. The van der Waals surface area contributed by atoms with E-state index in [9.17, 15) is 18.0 Å². The molecule has 0 aromatic heterocycles. The minimum atomic E-state index is -3.11. The number of rotatable bonds is 5. The maximum atomic E-state index is 12.8. The van der Waals surface area contributed by atoms with Gasteiger partial charge in [0.05, 0.1) is 5.56 Å². The molecule has 0 amide bonds. The summed E-state index contributed by atoms with van der Waals surface area (Å²) in [7, 11) is 0. The van der Waals surface area contributed by atoms with Crippen molar-refractivity contribution < 1.29 is 22.7 Å². The van der Waals surface area contributed by atoms with Crippen LogP contribution in [-0.2, 0) is 0 Å². The van der Waals surface area contributed by atoms with Gasteiger partial charge in [-0.3, -0.25) is 4.79 Å². The first kappa shape index (κ1) is 12.8. The summed E-state index contributed by atoms with van der Waals surface area (Å²) in [5.41, 5.74) is -0.0950. The molecule has 1 aromatic carbocycles. The van der Waals surface area contributed by atoms with E-state index in [1.807, 2.05) is 0 Å². The lowest BCUT2D eigenvalue weighted by Gasteiger charge is -2.09. The van der Waals surface area contributed by atoms with E-state index in [1.165, 1.54) is 0 Å². The maximum absolute atomic E-state index is 12.8. The van der Waals surface area contributed by atoms with Crippen LogP contribution in [0.5, 0.6) is 5.75 Å². The van der Waals surface area contributed by atoms with Gasteiger partial charge in [-0.25, -0.2) is 4.39 Å². The van der Waals surface area contributed by atoms with Crippen LogP contribution >= 0.6 is 11.6 Å². The van der Waals surface area contributed by atoms with Crippen molar-refractivity contribution in [3.63, 3.8) is 0 Å². The lowest BCUT2D eigenvalue weighted by molar-refractivity contribution is -0.0503. The molecule has 0 atom stereocenters. The monoisotopic (exact) mass is 252 g/mol. The summed E-state index contributed by atoms with van der Waals surface area (Å²) in [6.07, 6.45) is -0.0210. The standard InChI is InChI=1S/C10H8ClF3O2/c11-4-3-8(15)7-2-1-6(12)5-9(7)16-10(13)14/h1-2,5,10H,3-4H2. The number of ether oxygens (including phenoxy) is 1. The maximum Gasteiger partial charge on any atom is 0.387 e. The van der Waals surface area contributed by atoms with Crippen LogP contribution in [0.25, 0.3) is 0 Å². The highest BCUT2D eigenvalue weighted by Gasteiger charge is 2.16. The Labute approximate surface area is 95.0 Å². The smallest absolute Gasteiger partial charge is 0.387 e. The van der Waals surface area contributed by atoms with Crippen LogP contribution in [0.1, 0.15) is 16.8 Å². The molecule has 0 radical (unpaired) electrons. The van der Waals surface area contributed by atoms with E-state index in [-0.39, 0.29) is 17.9 Å². The number of ketones is 1. The zero-order valence-corrected chi connectivity index (χ0v) is 8.81. The van der Waals surface area contributed by atoms with Crippen LogP contribution in [0.2, 0.25) is 0 Å². The van der Waals surface area contributed by atoms with Gasteiger partial charge >= 0.3 is 6.61 Å². The molecule has 0 saturated heterocycles. The SMILES string of the molecule is O=C(CCCl)c1ccc(F)cc1OC(F)F. The van der Waals surface area contributed by atoms with Crippen molar-refractivity contribution in [2.45, 2.75) is 13.0 Å². The summed E-state index contributed by atoms with van der Waals surface area (Å²) < 4.78 is 40.8. The molecule has 2 nitrogen and oxygen atoms in total. The molecule has 16 heavy (non-hydrogen) atoms. The van der Waals surface area contributed by atoms with Crippen molar-refractivity contribution in [1.29, 1.82) is 0 Å². The zero-order chi connectivity index (χ0) is 12.1. The summed E-state index contributed by atoms with van der Waals surface area (Å²) in [4.78, 5) is 11.4. The predicted octanol–water partition coefficient (Wildman–Crippen LogP) is 3.24. The van der Waals surface area contributed by atoms with Gasteiger partial charge in [-0.1, -0.05) is 0 Å². The van der Waals surface area contributed by atoms with Gasteiger partial charge in [0.25, 0.3) is 0 Å². The number of hydrogen-bond acceptors (Lipinski definition) is 2. The van der Waals surface area contributed by atoms with Crippen molar-refractivity contribution in [3.8, 4) is 5.75 Å². The van der Waals surface area contributed by atoms with Gasteiger partial charge in [-0.15, -0.1) is 11.6 Å². The highest BCUT2D eigenvalue weighted by atomic mass is 35.5. The van der Waals surface area contributed by atoms with Gasteiger partial charge in [-0.05, 0) is 12.1 Å². The van der Waals surface area contributed by atoms with Gasteiger partial charge in [0, 0.05) is 18.4 Å². The van der Waals surface area contributed by atoms with Crippen molar-refractivity contribution in [2.24, 2.45) is 0 Å². The average Bonchev–Trinajstić information content (AvgIpc) is 2.16. The van der Waals surface area contributed by atoms with Gasteiger partial charge < -0.3 is 4.74 Å². The van der Waals surface area contributed by atoms with Crippen molar-refractivity contribution in [1.82, 2.24) is 0 Å². The second kappa shape index (κ2) is 5.75. The number of carbonyl (C=O) groups excluding carboxylic acids is 1. The van der Waals surface area contributed by atoms with Gasteiger partial charge in [-0.2, -0.15) is 8.78 Å². The lowest BCUT2D eigenvalue weighted by atomic mass is 10.1. The quantitative estimate of drug-likeness (QED) is 0.594. The number of benzene rings is 1. The molecule has 0 bridgehead atoms. The zero-order valence-electron chi connectivity index (χ0n) is 8.05. The van der Waals surface area contributed by atoms with Crippen LogP contribution in [0.4, 0.5) is 13.2 Å². The van der Waals surface area contributed by atoms with E-state index in [2.05, 4.69) is 4.74 Å². The molecule has 1 aromatic rings. The summed E-state index contributed by atoms with van der Waals surface area (Å²) in [5.74, 6) is -1.63. The number of halogens is 4. The molecule has 0 fully saturated rings. The van der Waals surface area contributed by atoms with Gasteiger partial charge in [0.15, 0.2) is 5.78 Å². The van der Waals surface area contributed by atoms with E-state index in [0.29, 0.717) is 0 Å². The highest BCUT2D eigenvalue weighted by molar-refractivity contribution is 6.19. The number of Topliss-reactive ketones (excluding diaryl/α,β-unsaturated/α-hetero) is 1. The molecule has 0 N–H and O–H groups in total. The average molecular weight is 253 g/mol. The topological polar surface area (TPSA) is 26.3 Å². The van der Waals surface area contributed by atoms with E-state index < -0.39 is 24.0 Å². The fourth-order valence-electron chi connectivity index (χ4n) is 1.14. The Morgan fingerprint density at radius 3 is 2.69 bits per heavy atom. The van der Waals surface area contributed by atoms with E-state index >= 15 is 0 Å². The normalized spacial score (nSPS) is 10.6. The van der Waals surface area contributed by atoms with Gasteiger partial charge in [0.2, 0.25) is 0 Å². The Morgan fingerprint density at radius 1 is 1.44 bits per heavy atom. The Kier molecular flexibility index (Phi) is 4.61. The summed E-state index contributed by atoms with van der Waals surface area (Å²) >= 11 is 5.35. The van der Waals surface area contributed by atoms with E-state index in [0.717, 1.165) is 18.2 Å². The molecular weight excluding hydrogens is 245 g/mol. The molecule has 0 saturated carbocycles. The Morgan fingerprint density at radius 2 is 2.12 bits per heavy atom. The minimum Gasteiger partial charge on any atom is -0.434 e. The highest BCUT2D eigenvalue weighted by Crippen LogP contribution is 2.23. The van der Waals surface area contributed by atoms with Crippen LogP contribution < -0.4 is 4.74 Å². The molecule has 0 heterocycles. The number of hydrogen-bond donors (Lipinski definition) is 0. The summed E-state index contributed by atoms with van der Waals surface area (Å²) in [5, 5.41) is 0. The Bertz CT molecular complexity index is 382. The first-order valence-corrected chi connectivity index (χ1v) is 4.91. The third-order valence-corrected chi connectivity index (χ3v) is 1.97. The van der Waals surface area contributed by atoms with Crippen molar-refractivity contribution >= 4 is 17.4 Å². The Hall–Kier alpha value is -1.23. The largest absolute Gasteiger partial charge is 0.434 e. The summed E-state index contributed by atoms with van der Waals surface area (Å²) in [6, 6.07) is 2.84. The molecule has 0 spiro atoms. The molecule has 88 valence electrons. The van der Waals surface area contributed by atoms with E-state index in [4.69, 9.17) is 11.6 Å². The molecule has 0 unspecified atom stereocenters. The molecule has 0 aliphatic rings. The minimum absolute atomic E-state index is 0.0210. The fourth-order valence-corrected chi connectivity index (χ4v) is 1.31. The fraction of sp³-hybridized carbons (Fsp3) is 0.300. The predicted molar refractivity (Wildman–Crippen MR) is 52.7 cm³/mol. The molecule has 6 heteroatoms. The first-order chi connectivity index (χ1) is 7.54. The van der Waals surface area contributed by atoms with Crippen LogP contribution in [-0.4, -0.2) is 18.3 Å². The number of alkyl halides is 3. The van der Waals surface area contributed by atoms with E-state index in [1.54, 1.807) is 0 Å². The second-order valence-electron chi connectivity index (χ2n) is 2.88. The lowest BCUT2D eigenvalue weighted by Crippen LogP contribution is -2.08. The van der Waals surface area contributed by atoms with Gasteiger partial charge in [0.1, 0.15) is 11.6 Å². The summed E-state index contributed by atoms with van der Waals surface area (Å²) in [6.45, 7) is -3.11. The van der Waals surface area contributed by atoms with Crippen molar-refractivity contribution in [3.05, 3.63) is 29.6 Å². The number of carbonyl (C=O) groups is 1. The molecule has 0 aliphatic carbocycles. The Balaban J connectivity index is 3.02. The third kappa shape index (κ3) is 3.41. The van der Waals surface area contributed by atoms with Crippen molar-refractivity contribution in [2.75, 3.05) is 5.88 Å². The van der Waals surface area contributed by atoms with Crippen LogP contribution in [0.15, 0.2) is 18.2 Å². The molecule has 1 rings (SSSR count).